The second-order valence-electron chi connectivity index (χ2n) is 6.28. The summed E-state index contributed by atoms with van der Waals surface area (Å²) in [5.74, 6) is 1.61. The van der Waals surface area contributed by atoms with Crippen molar-refractivity contribution in [3.05, 3.63) is 53.9 Å². The van der Waals surface area contributed by atoms with E-state index in [1.165, 1.54) is 5.56 Å². The first-order valence-electron chi connectivity index (χ1n) is 7.40. The Labute approximate surface area is 127 Å². The monoisotopic (exact) mass is 284 g/mol. The van der Waals surface area contributed by atoms with E-state index in [0.29, 0.717) is 0 Å². The summed E-state index contributed by atoms with van der Waals surface area (Å²) in [4.78, 5) is 4.39. The average molecular weight is 284 g/mol. The Morgan fingerprint density at radius 2 is 1.86 bits per heavy atom. The van der Waals surface area contributed by atoms with Crippen molar-refractivity contribution < 1.29 is 4.74 Å². The smallest absolute Gasteiger partial charge is 0.145 e. The van der Waals surface area contributed by atoms with Crippen LogP contribution in [0.3, 0.4) is 0 Å². The Morgan fingerprint density at radius 1 is 1.14 bits per heavy atom. The van der Waals surface area contributed by atoms with Gasteiger partial charge in [0, 0.05) is 11.6 Å². The van der Waals surface area contributed by atoms with Crippen molar-refractivity contribution in [1.29, 1.82) is 0 Å². The Morgan fingerprint density at radius 3 is 2.43 bits per heavy atom. The molecule has 3 nitrogen and oxygen atoms in total. The molecule has 0 unspecified atom stereocenters. The van der Waals surface area contributed by atoms with E-state index in [0.717, 1.165) is 23.6 Å². The number of ether oxygens (including phenoxy) is 1. The summed E-state index contributed by atoms with van der Waals surface area (Å²) in [7, 11) is 0. The van der Waals surface area contributed by atoms with Gasteiger partial charge < -0.3 is 10.5 Å². The van der Waals surface area contributed by atoms with Gasteiger partial charge in [-0.2, -0.15) is 0 Å². The fourth-order valence-corrected chi connectivity index (χ4v) is 2.18. The van der Waals surface area contributed by atoms with Gasteiger partial charge in [-0.3, -0.25) is 4.98 Å². The highest BCUT2D eigenvalue weighted by atomic mass is 16.5. The molecule has 0 amide bonds. The summed E-state index contributed by atoms with van der Waals surface area (Å²) in [5.41, 5.74) is 8.09. The zero-order valence-electron chi connectivity index (χ0n) is 13.3. The third kappa shape index (κ3) is 3.82. The normalized spacial score (nSPS) is 13.0. The van der Waals surface area contributed by atoms with Crippen molar-refractivity contribution in [3.8, 4) is 11.5 Å². The van der Waals surface area contributed by atoms with Crippen LogP contribution in [-0.4, -0.2) is 4.98 Å². The zero-order chi connectivity index (χ0) is 15.5. The van der Waals surface area contributed by atoms with Crippen LogP contribution >= 0.6 is 0 Å². The van der Waals surface area contributed by atoms with E-state index in [9.17, 15) is 0 Å². The van der Waals surface area contributed by atoms with Gasteiger partial charge in [-0.25, -0.2) is 0 Å². The predicted octanol–water partition coefficient (Wildman–Crippen LogP) is 4.58. The Bertz CT molecular complexity index is 585. The van der Waals surface area contributed by atoms with E-state index in [2.05, 4.69) is 38.7 Å². The lowest BCUT2D eigenvalue weighted by atomic mass is 9.86. The first-order chi connectivity index (χ1) is 9.91. The molecule has 0 radical (unpaired) electrons. The Hall–Kier alpha value is -1.87. The number of nitrogens with zero attached hydrogens (tertiary/aromatic N) is 1. The molecule has 21 heavy (non-hydrogen) atoms. The molecule has 1 aromatic heterocycles. The zero-order valence-corrected chi connectivity index (χ0v) is 13.3. The third-order valence-corrected chi connectivity index (χ3v) is 3.50. The van der Waals surface area contributed by atoms with Gasteiger partial charge in [-0.05, 0) is 30.0 Å². The minimum absolute atomic E-state index is 0.0130. The fraction of sp³-hybridized carbons (Fsp3) is 0.389. The molecule has 0 fully saturated rings. The van der Waals surface area contributed by atoms with Gasteiger partial charge in [-0.15, -0.1) is 0 Å². The van der Waals surface area contributed by atoms with Crippen molar-refractivity contribution in [2.75, 3.05) is 0 Å². The van der Waals surface area contributed by atoms with Crippen LogP contribution in [0.2, 0.25) is 0 Å². The van der Waals surface area contributed by atoms with Crippen LogP contribution in [0.15, 0.2) is 42.6 Å². The standard InChI is InChI=1S/C18H24N2O/c1-5-15(19)16-11-10-13(12-20-16)21-17-9-7-6-8-14(17)18(2,3)4/h6-12,15H,5,19H2,1-4H3/t15-/m0/s1. The molecule has 0 aliphatic rings. The highest BCUT2D eigenvalue weighted by Crippen LogP contribution is 2.33. The maximum absolute atomic E-state index is 6.00. The summed E-state index contributed by atoms with van der Waals surface area (Å²) in [6.45, 7) is 8.58. The molecule has 3 heteroatoms. The molecular formula is C18H24N2O. The van der Waals surface area contributed by atoms with E-state index in [1.807, 2.05) is 30.3 Å². The number of aromatic nitrogens is 1. The molecule has 1 aromatic carbocycles. The highest BCUT2D eigenvalue weighted by Gasteiger charge is 2.18. The highest BCUT2D eigenvalue weighted by molar-refractivity contribution is 5.41. The van der Waals surface area contributed by atoms with Gasteiger partial charge in [0.15, 0.2) is 0 Å². The maximum Gasteiger partial charge on any atom is 0.145 e. The molecule has 112 valence electrons. The molecule has 0 aliphatic carbocycles. The summed E-state index contributed by atoms with van der Waals surface area (Å²) in [6.07, 6.45) is 2.62. The number of nitrogens with two attached hydrogens (primary N) is 1. The quantitative estimate of drug-likeness (QED) is 0.893. The first-order valence-corrected chi connectivity index (χ1v) is 7.40. The molecule has 0 bridgehead atoms. The molecule has 0 saturated heterocycles. The van der Waals surface area contributed by atoms with Crippen LogP contribution in [0, 0.1) is 0 Å². The first kappa shape index (κ1) is 15.5. The van der Waals surface area contributed by atoms with Gasteiger partial charge in [0.25, 0.3) is 0 Å². The third-order valence-electron chi connectivity index (χ3n) is 3.50. The Balaban J connectivity index is 2.23. The largest absolute Gasteiger partial charge is 0.455 e. The summed E-state index contributed by atoms with van der Waals surface area (Å²) in [6, 6.07) is 12.0. The number of pyridine rings is 1. The van der Waals surface area contributed by atoms with Crippen molar-refractivity contribution in [2.24, 2.45) is 5.73 Å². The van der Waals surface area contributed by atoms with Crippen molar-refractivity contribution in [2.45, 2.75) is 45.6 Å². The molecule has 2 rings (SSSR count). The van der Waals surface area contributed by atoms with Crippen LogP contribution in [0.4, 0.5) is 0 Å². The lowest BCUT2D eigenvalue weighted by Gasteiger charge is -2.22. The number of rotatable bonds is 4. The van der Waals surface area contributed by atoms with Gasteiger partial charge in [0.1, 0.15) is 11.5 Å². The van der Waals surface area contributed by atoms with Crippen molar-refractivity contribution in [1.82, 2.24) is 4.98 Å². The van der Waals surface area contributed by atoms with E-state index in [-0.39, 0.29) is 11.5 Å². The average Bonchev–Trinajstić information content (AvgIpc) is 2.47. The number of hydrogen-bond donors (Lipinski definition) is 1. The van der Waals surface area contributed by atoms with E-state index in [1.54, 1.807) is 6.20 Å². The van der Waals surface area contributed by atoms with E-state index >= 15 is 0 Å². The van der Waals surface area contributed by atoms with Crippen molar-refractivity contribution >= 4 is 0 Å². The van der Waals surface area contributed by atoms with Crippen LogP contribution in [0.5, 0.6) is 11.5 Å². The van der Waals surface area contributed by atoms with Crippen LogP contribution in [-0.2, 0) is 5.41 Å². The van der Waals surface area contributed by atoms with Crippen molar-refractivity contribution in [3.63, 3.8) is 0 Å². The van der Waals surface area contributed by atoms with Gasteiger partial charge in [-0.1, -0.05) is 45.9 Å². The van der Waals surface area contributed by atoms with Gasteiger partial charge >= 0.3 is 0 Å². The van der Waals surface area contributed by atoms with E-state index in [4.69, 9.17) is 10.5 Å². The van der Waals surface area contributed by atoms with Gasteiger partial charge in [0.05, 0.1) is 11.9 Å². The topological polar surface area (TPSA) is 48.1 Å². The second-order valence-corrected chi connectivity index (χ2v) is 6.28. The van der Waals surface area contributed by atoms with Crippen LogP contribution in [0.1, 0.15) is 51.4 Å². The molecule has 2 aromatic rings. The molecule has 2 N–H and O–H groups in total. The maximum atomic E-state index is 6.00. The minimum atomic E-state index is -0.0130. The molecule has 0 spiro atoms. The molecular weight excluding hydrogens is 260 g/mol. The minimum Gasteiger partial charge on any atom is -0.455 e. The Kier molecular flexibility index (Phi) is 4.63. The second kappa shape index (κ2) is 6.27. The molecule has 0 saturated carbocycles. The summed E-state index contributed by atoms with van der Waals surface area (Å²) >= 11 is 0. The van der Waals surface area contributed by atoms with E-state index < -0.39 is 0 Å². The SMILES string of the molecule is CC[C@H](N)c1ccc(Oc2ccccc2C(C)(C)C)cn1. The molecule has 1 heterocycles. The summed E-state index contributed by atoms with van der Waals surface area (Å²) < 4.78 is 6.00. The number of hydrogen-bond acceptors (Lipinski definition) is 3. The lowest BCUT2D eigenvalue weighted by Crippen LogP contribution is -2.12. The molecule has 0 aliphatic heterocycles. The number of para-hydroxylation sites is 1. The fourth-order valence-electron chi connectivity index (χ4n) is 2.18. The van der Waals surface area contributed by atoms with Crippen LogP contribution in [0.25, 0.3) is 0 Å². The van der Waals surface area contributed by atoms with Gasteiger partial charge in [0.2, 0.25) is 0 Å². The molecule has 1 atom stereocenters. The predicted molar refractivity (Wildman–Crippen MR) is 86.7 cm³/mol. The van der Waals surface area contributed by atoms with Crippen LogP contribution < -0.4 is 10.5 Å². The number of benzene rings is 1. The summed E-state index contributed by atoms with van der Waals surface area (Å²) in [5, 5.41) is 0. The lowest BCUT2D eigenvalue weighted by molar-refractivity contribution is 0.452.